The fraction of sp³-hybridized carbons (Fsp3) is 0.200. The minimum absolute atomic E-state index is 0.142. The van der Waals surface area contributed by atoms with E-state index in [9.17, 15) is 4.79 Å². The van der Waals surface area contributed by atoms with Crippen molar-refractivity contribution in [2.24, 2.45) is 0 Å². The van der Waals surface area contributed by atoms with Crippen LogP contribution in [0, 0.1) is 6.92 Å². The number of carbonyl (C=O) groups is 1. The highest BCUT2D eigenvalue weighted by molar-refractivity contribution is 5.87. The van der Waals surface area contributed by atoms with Gasteiger partial charge in [-0.05, 0) is 19.1 Å². The van der Waals surface area contributed by atoms with Crippen molar-refractivity contribution in [1.29, 1.82) is 0 Å². The highest BCUT2D eigenvalue weighted by Gasteiger charge is 2.01. The van der Waals surface area contributed by atoms with Gasteiger partial charge in [-0.15, -0.1) is 0 Å². The quantitative estimate of drug-likeness (QED) is 0.812. The van der Waals surface area contributed by atoms with Gasteiger partial charge in [-0.25, -0.2) is 14.6 Å². The van der Waals surface area contributed by atoms with Crippen LogP contribution in [0.5, 0.6) is 0 Å². The average Bonchev–Trinajstić information content (AvgIpc) is 2.65. The van der Waals surface area contributed by atoms with Crippen LogP contribution in [0.15, 0.2) is 24.7 Å². The van der Waals surface area contributed by atoms with Gasteiger partial charge in [0.2, 0.25) is 5.91 Å². The summed E-state index contributed by atoms with van der Waals surface area (Å²) < 4.78 is 1.62. The highest BCUT2D eigenvalue weighted by atomic mass is 16.1. The molecule has 0 saturated heterocycles. The van der Waals surface area contributed by atoms with Crippen LogP contribution in [0.25, 0.3) is 5.69 Å². The van der Waals surface area contributed by atoms with E-state index < -0.39 is 0 Å². The molecule has 2 aromatic rings. The van der Waals surface area contributed by atoms with Crippen LogP contribution in [-0.2, 0) is 4.79 Å². The van der Waals surface area contributed by atoms with Gasteiger partial charge in [0.1, 0.15) is 18.0 Å². The zero-order valence-corrected chi connectivity index (χ0v) is 9.01. The van der Waals surface area contributed by atoms with Gasteiger partial charge >= 0.3 is 0 Å². The first-order chi connectivity index (χ1) is 7.65. The highest BCUT2D eigenvalue weighted by Crippen LogP contribution is 2.08. The van der Waals surface area contributed by atoms with E-state index in [1.165, 1.54) is 6.92 Å². The zero-order chi connectivity index (χ0) is 11.5. The third-order valence-corrected chi connectivity index (χ3v) is 1.92. The summed E-state index contributed by atoms with van der Waals surface area (Å²) in [5.41, 5.74) is 0.801. The molecule has 0 bridgehead atoms. The monoisotopic (exact) mass is 217 g/mol. The normalized spacial score (nSPS) is 10.1. The summed E-state index contributed by atoms with van der Waals surface area (Å²) in [5.74, 6) is 1.08. The second-order valence-electron chi connectivity index (χ2n) is 3.32. The molecule has 0 saturated carbocycles. The van der Waals surface area contributed by atoms with E-state index >= 15 is 0 Å². The fourth-order valence-corrected chi connectivity index (χ4v) is 1.25. The van der Waals surface area contributed by atoms with Crippen molar-refractivity contribution in [3.63, 3.8) is 0 Å². The Balaban J connectivity index is 2.22. The van der Waals surface area contributed by atoms with Crippen molar-refractivity contribution in [1.82, 2.24) is 19.7 Å². The Morgan fingerprint density at radius 1 is 1.38 bits per heavy atom. The molecule has 0 fully saturated rings. The average molecular weight is 217 g/mol. The van der Waals surface area contributed by atoms with Gasteiger partial charge in [-0.2, -0.15) is 5.10 Å². The summed E-state index contributed by atoms with van der Waals surface area (Å²) >= 11 is 0. The van der Waals surface area contributed by atoms with Crippen LogP contribution >= 0.6 is 0 Å². The van der Waals surface area contributed by atoms with Crippen molar-refractivity contribution in [2.75, 3.05) is 5.32 Å². The topological polar surface area (TPSA) is 72.7 Å². The SMILES string of the molecule is CC(=O)Nc1ccc(-n2cnc(C)n2)cn1. The first kappa shape index (κ1) is 10.3. The molecule has 1 N–H and O–H groups in total. The Kier molecular flexibility index (Phi) is 2.63. The Labute approximate surface area is 92.3 Å². The number of pyridine rings is 1. The smallest absolute Gasteiger partial charge is 0.222 e. The van der Waals surface area contributed by atoms with Gasteiger partial charge in [0, 0.05) is 6.92 Å². The van der Waals surface area contributed by atoms with E-state index in [0.717, 1.165) is 5.69 Å². The van der Waals surface area contributed by atoms with Crippen molar-refractivity contribution < 1.29 is 4.79 Å². The molecular formula is C10H11N5O. The van der Waals surface area contributed by atoms with E-state index in [0.29, 0.717) is 11.6 Å². The van der Waals surface area contributed by atoms with Crippen LogP contribution in [-0.4, -0.2) is 25.7 Å². The lowest BCUT2D eigenvalue weighted by atomic mass is 10.4. The maximum Gasteiger partial charge on any atom is 0.222 e. The number of anilines is 1. The predicted molar refractivity (Wildman–Crippen MR) is 58.2 cm³/mol. The van der Waals surface area contributed by atoms with Gasteiger partial charge in [-0.1, -0.05) is 0 Å². The first-order valence-corrected chi connectivity index (χ1v) is 4.77. The number of aromatic nitrogens is 4. The molecule has 0 aliphatic heterocycles. The van der Waals surface area contributed by atoms with Crippen LogP contribution < -0.4 is 5.32 Å². The molecule has 0 unspecified atom stereocenters. The molecule has 6 nitrogen and oxygen atoms in total. The molecule has 0 aromatic carbocycles. The van der Waals surface area contributed by atoms with Gasteiger partial charge in [0.25, 0.3) is 0 Å². The number of amides is 1. The Morgan fingerprint density at radius 2 is 2.19 bits per heavy atom. The minimum atomic E-state index is -0.142. The van der Waals surface area contributed by atoms with E-state index in [1.807, 2.05) is 13.0 Å². The summed E-state index contributed by atoms with van der Waals surface area (Å²) in [6, 6.07) is 3.53. The third-order valence-electron chi connectivity index (χ3n) is 1.92. The molecule has 2 aromatic heterocycles. The van der Waals surface area contributed by atoms with Gasteiger partial charge < -0.3 is 5.32 Å². The van der Waals surface area contributed by atoms with Crippen molar-refractivity contribution in [3.05, 3.63) is 30.5 Å². The van der Waals surface area contributed by atoms with Crippen molar-refractivity contribution in [3.8, 4) is 5.69 Å². The van der Waals surface area contributed by atoms with Gasteiger partial charge in [0.05, 0.1) is 11.9 Å². The van der Waals surface area contributed by atoms with E-state index in [4.69, 9.17) is 0 Å². The van der Waals surface area contributed by atoms with Crippen LogP contribution in [0.4, 0.5) is 5.82 Å². The van der Waals surface area contributed by atoms with E-state index in [2.05, 4.69) is 20.4 Å². The van der Waals surface area contributed by atoms with Crippen molar-refractivity contribution >= 4 is 11.7 Å². The number of nitrogens with zero attached hydrogens (tertiary/aromatic N) is 4. The Bertz CT molecular complexity index is 502. The van der Waals surface area contributed by atoms with E-state index in [-0.39, 0.29) is 5.91 Å². The Hall–Kier alpha value is -2.24. The lowest BCUT2D eigenvalue weighted by Gasteiger charge is -2.02. The molecule has 0 aliphatic rings. The molecule has 0 atom stereocenters. The van der Waals surface area contributed by atoms with E-state index in [1.54, 1.807) is 23.3 Å². The lowest BCUT2D eigenvalue weighted by molar-refractivity contribution is -0.114. The largest absolute Gasteiger partial charge is 0.311 e. The predicted octanol–water partition coefficient (Wildman–Crippen LogP) is 0.929. The maximum atomic E-state index is 10.8. The second kappa shape index (κ2) is 4.09. The molecule has 0 radical (unpaired) electrons. The molecule has 16 heavy (non-hydrogen) atoms. The number of rotatable bonds is 2. The third kappa shape index (κ3) is 2.22. The maximum absolute atomic E-state index is 10.8. The lowest BCUT2D eigenvalue weighted by Crippen LogP contribution is -2.07. The molecule has 2 rings (SSSR count). The van der Waals surface area contributed by atoms with Crippen LogP contribution in [0.1, 0.15) is 12.7 Å². The molecule has 0 spiro atoms. The molecule has 1 amide bonds. The summed E-state index contributed by atoms with van der Waals surface area (Å²) in [4.78, 5) is 18.9. The van der Waals surface area contributed by atoms with Crippen molar-refractivity contribution in [2.45, 2.75) is 13.8 Å². The number of carbonyl (C=O) groups excluding carboxylic acids is 1. The standard InChI is InChI=1S/C10H11N5O/c1-7-12-6-15(14-7)9-3-4-10(11-5-9)13-8(2)16/h3-6H,1-2H3,(H,11,13,16). The zero-order valence-electron chi connectivity index (χ0n) is 9.01. The van der Waals surface area contributed by atoms with Gasteiger partial charge in [0.15, 0.2) is 0 Å². The number of hydrogen-bond acceptors (Lipinski definition) is 4. The second-order valence-corrected chi connectivity index (χ2v) is 3.32. The summed E-state index contributed by atoms with van der Waals surface area (Å²) in [5, 5.41) is 6.74. The summed E-state index contributed by atoms with van der Waals surface area (Å²) in [6.45, 7) is 3.26. The molecule has 2 heterocycles. The van der Waals surface area contributed by atoms with Crippen LogP contribution in [0.3, 0.4) is 0 Å². The molecule has 6 heteroatoms. The Morgan fingerprint density at radius 3 is 2.69 bits per heavy atom. The molecule has 82 valence electrons. The number of nitrogens with one attached hydrogen (secondary N) is 1. The number of aryl methyl sites for hydroxylation is 1. The summed E-state index contributed by atoms with van der Waals surface area (Å²) in [6.07, 6.45) is 3.24. The first-order valence-electron chi connectivity index (χ1n) is 4.77. The summed E-state index contributed by atoms with van der Waals surface area (Å²) in [7, 11) is 0. The van der Waals surface area contributed by atoms with Crippen LogP contribution in [0.2, 0.25) is 0 Å². The minimum Gasteiger partial charge on any atom is -0.311 e. The molecular weight excluding hydrogens is 206 g/mol. The number of hydrogen-bond donors (Lipinski definition) is 1. The molecule has 0 aliphatic carbocycles. The van der Waals surface area contributed by atoms with Gasteiger partial charge in [-0.3, -0.25) is 4.79 Å². The fourth-order valence-electron chi connectivity index (χ4n) is 1.25.